The van der Waals surface area contributed by atoms with Gasteiger partial charge in [0.25, 0.3) is 5.91 Å². The summed E-state index contributed by atoms with van der Waals surface area (Å²) < 4.78 is 0.890. The lowest BCUT2D eigenvalue weighted by molar-refractivity contribution is 0.0984. The number of thiazole rings is 1. The molecule has 29 heavy (non-hydrogen) atoms. The summed E-state index contributed by atoms with van der Waals surface area (Å²) in [7, 11) is 0. The Labute approximate surface area is 178 Å². The van der Waals surface area contributed by atoms with Crippen LogP contribution in [0.2, 0.25) is 5.02 Å². The molecule has 0 unspecified atom stereocenters. The molecule has 0 bridgehead atoms. The Kier molecular flexibility index (Phi) is 5.35. The topological polar surface area (TPSA) is 46.1 Å². The van der Waals surface area contributed by atoms with Gasteiger partial charge in [0.2, 0.25) is 0 Å². The first-order valence-electron chi connectivity index (χ1n) is 9.28. The van der Waals surface area contributed by atoms with Crippen molar-refractivity contribution in [3.05, 3.63) is 87.7 Å². The van der Waals surface area contributed by atoms with Crippen LogP contribution in [-0.4, -0.2) is 15.9 Å². The van der Waals surface area contributed by atoms with Crippen LogP contribution in [0.3, 0.4) is 0 Å². The van der Waals surface area contributed by atoms with Crippen molar-refractivity contribution in [3.63, 3.8) is 0 Å². The highest BCUT2D eigenvalue weighted by Crippen LogP contribution is 2.36. The van der Waals surface area contributed by atoms with Crippen LogP contribution in [0.1, 0.15) is 32.7 Å². The second-order valence-corrected chi connectivity index (χ2v) is 8.51. The van der Waals surface area contributed by atoms with Crippen LogP contribution in [-0.2, 0) is 6.54 Å². The molecule has 4 rings (SSSR count). The lowest BCUT2D eigenvalue weighted by Gasteiger charge is -2.20. The highest BCUT2D eigenvalue weighted by atomic mass is 35.5. The van der Waals surface area contributed by atoms with E-state index >= 15 is 0 Å². The summed E-state index contributed by atoms with van der Waals surface area (Å²) >= 11 is 7.83. The van der Waals surface area contributed by atoms with E-state index in [1.165, 1.54) is 11.3 Å². The molecule has 4 nitrogen and oxygen atoms in total. The maximum atomic E-state index is 13.5. The lowest BCUT2D eigenvalue weighted by atomic mass is 10.1. The fourth-order valence-corrected chi connectivity index (χ4v) is 4.65. The zero-order chi connectivity index (χ0) is 20.5. The predicted octanol–water partition coefficient (Wildman–Crippen LogP) is 6.12. The van der Waals surface area contributed by atoms with E-state index in [9.17, 15) is 4.79 Å². The number of halogens is 1. The third-order valence-corrected chi connectivity index (χ3v) is 6.22. The van der Waals surface area contributed by atoms with Gasteiger partial charge in [0.05, 0.1) is 27.5 Å². The molecule has 0 aliphatic rings. The third-order valence-electron chi connectivity index (χ3n) is 4.68. The first kappa shape index (κ1) is 19.6. The molecule has 0 saturated carbocycles. The summed E-state index contributed by atoms with van der Waals surface area (Å²) in [5.74, 6) is -0.102. The molecule has 0 fully saturated rings. The number of hydrogen-bond donors (Lipinski definition) is 0. The Hall–Kier alpha value is -2.76. The first-order valence-corrected chi connectivity index (χ1v) is 10.5. The number of aromatic nitrogens is 2. The second-order valence-electron chi connectivity index (χ2n) is 7.13. The molecule has 0 atom stereocenters. The van der Waals surface area contributed by atoms with E-state index in [-0.39, 0.29) is 5.91 Å². The number of hydrogen-bond acceptors (Lipinski definition) is 4. The lowest BCUT2D eigenvalue weighted by Crippen LogP contribution is -2.30. The molecule has 146 valence electrons. The van der Waals surface area contributed by atoms with Gasteiger partial charge >= 0.3 is 0 Å². The average molecular weight is 422 g/mol. The molecular formula is C23H20ClN3OS. The summed E-state index contributed by atoms with van der Waals surface area (Å²) in [5, 5.41) is 1.26. The highest BCUT2D eigenvalue weighted by Gasteiger charge is 2.23. The third kappa shape index (κ3) is 4.02. The molecule has 4 aromatic rings. The molecule has 0 spiro atoms. The quantitative estimate of drug-likeness (QED) is 0.399. The molecular weight excluding hydrogens is 402 g/mol. The van der Waals surface area contributed by atoms with Gasteiger partial charge in [-0.25, -0.2) is 4.98 Å². The van der Waals surface area contributed by atoms with Gasteiger partial charge in [0.1, 0.15) is 0 Å². The van der Waals surface area contributed by atoms with Crippen LogP contribution in [0, 0.1) is 20.8 Å². The summed E-state index contributed by atoms with van der Waals surface area (Å²) in [4.78, 5) is 24.4. The van der Waals surface area contributed by atoms with E-state index in [0.717, 1.165) is 32.6 Å². The average Bonchev–Trinajstić information content (AvgIpc) is 3.15. The summed E-state index contributed by atoms with van der Waals surface area (Å²) in [5.41, 5.74) is 5.40. The number of amides is 1. The smallest absolute Gasteiger partial charge is 0.260 e. The zero-order valence-corrected chi connectivity index (χ0v) is 18.0. The molecule has 2 aromatic heterocycles. The van der Waals surface area contributed by atoms with Gasteiger partial charge in [-0.3, -0.25) is 14.7 Å². The minimum Gasteiger partial charge on any atom is -0.278 e. The van der Waals surface area contributed by atoms with E-state index in [1.807, 2.05) is 63.2 Å². The molecule has 1 amide bonds. The Bertz CT molecular complexity index is 1140. The van der Waals surface area contributed by atoms with Crippen molar-refractivity contribution in [1.82, 2.24) is 9.97 Å². The molecule has 0 saturated heterocycles. The maximum absolute atomic E-state index is 13.5. The van der Waals surface area contributed by atoms with Crippen LogP contribution in [0.4, 0.5) is 5.13 Å². The molecule has 2 aromatic carbocycles. The fraction of sp³-hybridized carbons (Fsp3) is 0.174. The molecule has 0 N–H and O–H groups in total. The predicted molar refractivity (Wildman–Crippen MR) is 120 cm³/mol. The first-order chi connectivity index (χ1) is 13.9. The maximum Gasteiger partial charge on any atom is 0.260 e. The van der Waals surface area contributed by atoms with Crippen molar-refractivity contribution in [2.75, 3.05) is 4.90 Å². The Morgan fingerprint density at radius 1 is 1.07 bits per heavy atom. The molecule has 0 radical (unpaired) electrons. The van der Waals surface area contributed by atoms with Crippen LogP contribution in [0.5, 0.6) is 0 Å². The number of benzene rings is 2. The molecule has 2 heterocycles. The van der Waals surface area contributed by atoms with Gasteiger partial charge in [-0.1, -0.05) is 52.3 Å². The van der Waals surface area contributed by atoms with Gasteiger partial charge in [-0.05, 0) is 56.7 Å². The van der Waals surface area contributed by atoms with Crippen LogP contribution in [0.25, 0.3) is 10.2 Å². The normalized spacial score (nSPS) is 11.0. The van der Waals surface area contributed by atoms with Crippen LogP contribution in [0.15, 0.2) is 54.7 Å². The molecule has 6 heteroatoms. The number of carbonyl (C=O) groups is 1. The van der Waals surface area contributed by atoms with Crippen LogP contribution >= 0.6 is 22.9 Å². The minimum atomic E-state index is -0.102. The number of carbonyl (C=O) groups excluding carboxylic acids is 1. The van der Waals surface area contributed by atoms with Crippen molar-refractivity contribution < 1.29 is 4.79 Å². The Morgan fingerprint density at radius 2 is 1.83 bits per heavy atom. The summed E-state index contributed by atoms with van der Waals surface area (Å²) in [6.07, 6.45) is 1.73. The minimum absolute atomic E-state index is 0.102. The van der Waals surface area contributed by atoms with Gasteiger partial charge < -0.3 is 0 Å². The van der Waals surface area contributed by atoms with E-state index in [4.69, 9.17) is 16.6 Å². The zero-order valence-electron chi connectivity index (χ0n) is 16.4. The Morgan fingerprint density at radius 3 is 2.48 bits per heavy atom. The van der Waals surface area contributed by atoms with Crippen LogP contribution < -0.4 is 4.90 Å². The van der Waals surface area contributed by atoms with E-state index in [2.05, 4.69) is 11.1 Å². The fourth-order valence-electron chi connectivity index (χ4n) is 3.34. The Balaban J connectivity index is 1.83. The van der Waals surface area contributed by atoms with Gasteiger partial charge in [-0.2, -0.15) is 0 Å². The summed E-state index contributed by atoms with van der Waals surface area (Å²) in [6, 6.07) is 15.4. The SMILES string of the molecule is Cc1cc(C)cc(C(=O)N(Cc2ccccn2)c2nc3c(C)ccc(Cl)c3s2)c1. The number of rotatable bonds is 4. The number of nitrogens with zero attached hydrogens (tertiary/aromatic N) is 3. The van der Waals surface area contributed by atoms with Crippen molar-refractivity contribution in [2.24, 2.45) is 0 Å². The number of pyridine rings is 1. The molecule has 0 aliphatic carbocycles. The number of fused-ring (bicyclic) bond motifs is 1. The van der Waals surface area contributed by atoms with Crippen molar-refractivity contribution in [1.29, 1.82) is 0 Å². The van der Waals surface area contributed by atoms with Gasteiger partial charge in [-0.15, -0.1) is 0 Å². The van der Waals surface area contributed by atoms with Gasteiger partial charge in [0.15, 0.2) is 5.13 Å². The van der Waals surface area contributed by atoms with Crippen molar-refractivity contribution >= 4 is 44.2 Å². The second kappa shape index (κ2) is 7.93. The number of anilines is 1. The summed E-state index contributed by atoms with van der Waals surface area (Å²) in [6.45, 7) is 6.32. The van der Waals surface area contributed by atoms with Crippen molar-refractivity contribution in [3.8, 4) is 0 Å². The van der Waals surface area contributed by atoms with E-state index in [0.29, 0.717) is 22.3 Å². The monoisotopic (exact) mass is 421 g/mol. The van der Waals surface area contributed by atoms with E-state index in [1.54, 1.807) is 11.1 Å². The van der Waals surface area contributed by atoms with Gasteiger partial charge in [0, 0.05) is 11.8 Å². The largest absolute Gasteiger partial charge is 0.278 e. The van der Waals surface area contributed by atoms with Crippen molar-refractivity contribution in [2.45, 2.75) is 27.3 Å². The van der Waals surface area contributed by atoms with E-state index < -0.39 is 0 Å². The number of aryl methyl sites for hydroxylation is 3. The molecule has 0 aliphatic heterocycles. The highest BCUT2D eigenvalue weighted by molar-refractivity contribution is 7.23. The standard InChI is InChI=1S/C23H20ClN3OS/c1-14-10-15(2)12-17(11-14)22(28)27(13-18-6-4-5-9-25-18)23-26-20-16(3)7-8-19(24)21(20)29-23/h4-12H,13H2,1-3H3.